The third-order valence-corrected chi connectivity index (χ3v) is 3.83. The van der Waals surface area contributed by atoms with Crippen LogP contribution in [0.1, 0.15) is 26.2 Å². The van der Waals surface area contributed by atoms with Crippen LogP contribution in [-0.4, -0.2) is 53.8 Å². The smallest absolute Gasteiger partial charge is 0.243 e. The summed E-state index contributed by atoms with van der Waals surface area (Å²) in [6.45, 7) is 4.74. The molecule has 2 rings (SSSR count). The standard InChI is InChI=1S/C12H21N3O2/c1-9-4-6-14(7-10(9)13)8-12(17)15-5-2-3-11(15)16/h9-10H,2-8,13H2,1H3. The van der Waals surface area contributed by atoms with Gasteiger partial charge in [0.05, 0.1) is 6.54 Å². The predicted octanol–water partition coefficient (Wildman–Crippen LogP) is -0.195. The molecule has 2 heterocycles. The largest absolute Gasteiger partial charge is 0.326 e. The van der Waals surface area contributed by atoms with Crippen LogP contribution in [0.4, 0.5) is 0 Å². The summed E-state index contributed by atoms with van der Waals surface area (Å²) in [5.41, 5.74) is 5.99. The van der Waals surface area contributed by atoms with E-state index in [4.69, 9.17) is 5.73 Å². The number of nitrogens with zero attached hydrogens (tertiary/aromatic N) is 2. The van der Waals surface area contributed by atoms with E-state index in [1.165, 1.54) is 4.90 Å². The number of imide groups is 1. The van der Waals surface area contributed by atoms with E-state index in [1.807, 2.05) is 0 Å². The van der Waals surface area contributed by atoms with Gasteiger partial charge in [0.25, 0.3) is 0 Å². The fourth-order valence-corrected chi connectivity index (χ4v) is 2.50. The molecule has 0 spiro atoms. The van der Waals surface area contributed by atoms with Gasteiger partial charge in [0.15, 0.2) is 0 Å². The molecule has 17 heavy (non-hydrogen) atoms. The Labute approximate surface area is 102 Å². The summed E-state index contributed by atoms with van der Waals surface area (Å²) in [4.78, 5) is 26.8. The van der Waals surface area contributed by atoms with Crippen molar-refractivity contribution < 1.29 is 9.59 Å². The molecule has 0 aromatic rings. The Morgan fingerprint density at radius 3 is 2.82 bits per heavy atom. The van der Waals surface area contributed by atoms with Gasteiger partial charge >= 0.3 is 0 Å². The number of rotatable bonds is 2. The molecule has 5 heteroatoms. The van der Waals surface area contributed by atoms with E-state index in [0.717, 1.165) is 25.9 Å². The third-order valence-electron chi connectivity index (χ3n) is 3.83. The van der Waals surface area contributed by atoms with Crippen LogP contribution in [-0.2, 0) is 9.59 Å². The normalized spacial score (nSPS) is 30.9. The maximum absolute atomic E-state index is 11.9. The van der Waals surface area contributed by atoms with Crippen LogP contribution in [0.25, 0.3) is 0 Å². The molecule has 2 aliphatic rings. The van der Waals surface area contributed by atoms with E-state index in [1.54, 1.807) is 0 Å². The molecule has 0 aromatic carbocycles. The maximum Gasteiger partial charge on any atom is 0.243 e. The van der Waals surface area contributed by atoms with Crippen molar-refractivity contribution >= 4 is 11.8 Å². The van der Waals surface area contributed by atoms with Gasteiger partial charge < -0.3 is 5.73 Å². The minimum Gasteiger partial charge on any atom is -0.326 e. The van der Waals surface area contributed by atoms with E-state index >= 15 is 0 Å². The summed E-state index contributed by atoms with van der Waals surface area (Å²) in [6.07, 6.45) is 2.35. The van der Waals surface area contributed by atoms with Crippen LogP contribution in [0, 0.1) is 5.92 Å². The first-order valence-electron chi connectivity index (χ1n) is 6.39. The van der Waals surface area contributed by atoms with Gasteiger partial charge in [-0.25, -0.2) is 0 Å². The molecule has 0 bridgehead atoms. The first-order valence-corrected chi connectivity index (χ1v) is 6.39. The lowest BCUT2D eigenvalue weighted by Crippen LogP contribution is -2.51. The number of amides is 2. The maximum atomic E-state index is 11.9. The van der Waals surface area contributed by atoms with E-state index < -0.39 is 0 Å². The Bertz CT molecular complexity index is 319. The van der Waals surface area contributed by atoms with Crippen molar-refractivity contribution in [3.8, 4) is 0 Å². The van der Waals surface area contributed by atoms with Gasteiger partial charge in [0.2, 0.25) is 11.8 Å². The molecule has 0 aliphatic carbocycles. The molecule has 96 valence electrons. The number of likely N-dealkylation sites (tertiary alicyclic amines) is 2. The van der Waals surface area contributed by atoms with Crippen LogP contribution in [0.3, 0.4) is 0 Å². The van der Waals surface area contributed by atoms with Crippen LogP contribution >= 0.6 is 0 Å². The number of hydrogen-bond acceptors (Lipinski definition) is 4. The monoisotopic (exact) mass is 239 g/mol. The molecule has 2 N–H and O–H groups in total. The molecule has 2 amide bonds. The van der Waals surface area contributed by atoms with Gasteiger partial charge in [-0.2, -0.15) is 0 Å². The van der Waals surface area contributed by atoms with E-state index in [-0.39, 0.29) is 17.9 Å². The predicted molar refractivity (Wildman–Crippen MR) is 64.2 cm³/mol. The van der Waals surface area contributed by atoms with Crippen molar-refractivity contribution in [3.05, 3.63) is 0 Å². The average molecular weight is 239 g/mol. The highest BCUT2D eigenvalue weighted by Gasteiger charge is 2.30. The van der Waals surface area contributed by atoms with Gasteiger partial charge in [-0.05, 0) is 25.3 Å². The number of nitrogens with two attached hydrogens (primary N) is 1. The minimum absolute atomic E-state index is 0.0234. The lowest BCUT2D eigenvalue weighted by atomic mass is 9.94. The fourth-order valence-electron chi connectivity index (χ4n) is 2.50. The molecule has 5 nitrogen and oxygen atoms in total. The first-order chi connectivity index (χ1) is 8.08. The molecule has 0 radical (unpaired) electrons. The zero-order chi connectivity index (χ0) is 12.4. The van der Waals surface area contributed by atoms with Crippen LogP contribution in [0.5, 0.6) is 0 Å². The number of carbonyl (C=O) groups is 2. The molecule has 0 aromatic heterocycles. The van der Waals surface area contributed by atoms with Crippen molar-refractivity contribution in [1.29, 1.82) is 0 Å². The van der Waals surface area contributed by atoms with Crippen molar-refractivity contribution in [1.82, 2.24) is 9.80 Å². The molecular weight excluding hydrogens is 218 g/mol. The molecule has 2 fully saturated rings. The van der Waals surface area contributed by atoms with Gasteiger partial charge in [-0.1, -0.05) is 6.92 Å². The van der Waals surface area contributed by atoms with Crippen molar-refractivity contribution in [2.24, 2.45) is 11.7 Å². The summed E-state index contributed by atoms with van der Waals surface area (Å²) < 4.78 is 0. The zero-order valence-electron chi connectivity index (χ0n) is 10.4. The minimum atomic E-state index is -0.0609. The molecule has 2 aliphatic heterocycles. The Morgan fingerprint density at radius 1 is 1.47 bits per heavy atom. The second kappa shape index (κ2) is 5.14. The zero-order valence-corrected chi connectivity index (χ0v) is 10.4. The number of hydrogen-bond donors (Lipinski definition) is 1. The van der Waals surface area contributed by atoms with Gasteiger partial charge in [-0.3, -0.25) is 19.4 Å². The Balaban J connectivity index is 1.84. The van der Waals surface area contributed by atoms with Crippen LogP contribution in [0.2, 0.25) is 0 Å². The molecular formula is C12H21N3O2. The fraction of sp³-hybridized carbons (Fsp3) is 0.833. The summed E-state index contributed by atoms with van der Waals surface area (Å²) in [5, 5.41) is 0. The molecule has 2 atom stereocenters. The van der Waals surface area contributed by atoms with Crippen molar-refractivity contribution in [2.75, 3.05) is 26.2 Å². The van der Waals surface area contributed by atoms with Crippen molar-refractivity contribution in [3.63, 3.8) is 0 Å². The third kappa shape index (κ3) is 2.84. The molecule has 2 unspecified atom stereocenters. The molecule has 2 saturated heterocycles. The van der Waals surface area contributed by atoms with Crippen molar-refractivity contribution in [2.45, 2.75) is 32.2 Å². The lowest BCUT2D eigenvalue weighted by Gasteiger charge is -2.35. The van der Waals surface area contributed by atoms with Gasteiger partial charge in [0, 0.05) is 25.6 Å². The summed E-state index contributed by atoms with van der Waals surface area (Å²) in [5.74, 6) is 0.439. The topological polar surface area (TPSA) is 66.6 Å². The second-order valence-electron chi connectivity index (χ2n) is 5.21. The van der Waals surface area contributed by atoms with Crippen LogP contribution in [0.15, 0.2) is 0 Å². The van der Waals surface area contributed by atoms with Gasteiger partial charge in [-0.15, -0.1) is 0 Å². The number of piperidine rings is 1. The van der Waals surface area contributed by atoms with Crippen LogP contribution < -0.4 is 5.73 Å². The Hall–Kier alpha value is -0.940. The highest BCUT2D eigenvalue weighted by atomic mass is 16.2. The quantitative estimate of drug-likeness (QED) is 0.725. The van der Waals surface area contributed by atoms with Gasteiger partial charge in [0.1, 0.15) is 0 Å². The number of carbonyl (C=O) groups excluding carboxylic acids is 2. The average Bonchev–Trinajstić information content (AvgIpc) is 2.70. The summed E-state index contributed by atoms with van der Waals surface area (Å²) in [6, 6.07) is 0.144. The summed E-state index contributed by atoms with van der Waals surface area (Å²) >= 11 is 0. The lowest BCUT2D eigenvalue weighted by molar-refractivity contribution is -0.142. The van der Waals surface area contributed by atoms with E-state index in [9.17, 15) is 9.59 Å². The first kappa shape index (κ1) is 12.5. The highest BCUT2D eigenvalue weighted by molar-refractivity contribution is 5.97. The highest BCUT2D eigenvalue weighted by Crippen LogP contribution is 2.16. The SMILES string of the molecule is CC1CCN(CC(=O)N2CCCC2=O)CC1N. The second-order valence-corrected chi connectivity index (χ2v) is 5.21. The summed E-state index contributed by atoms with van der Waals surface area (Å²) in [7, 11) is 0. The Morgan fingerprint density at radius 2 is 2.24 bits per heavy atom. The molecule has 0 saturated carbocycles. The van der Waals surface area contributed by atoms with E-state index in [0.29, 0.717) is 25.4 Å². The Kier molecular flexibility index (Phi) is 3.79. The van der Waals surface area contributed by atoms with E-state index in [2.05, 4.69) is 11.8 Å².